The van der Waals surface area contributed by atoms with E-state index < -0.39 is 0 Å². The van der Waals surface area contributed by atoms with Gasteiger partial charge in [0.05, 0.1) is 0 Å². The fourth-order valence-corrected chi connectivity index (χ4v) is 3.82. The van der Waals surface area contributed by atoms with E-state index >= 15 is 0 Å². The fourth-order valence-electron chi connectivity index (χ4n) is 2.42. The second kappa shape index (κ2) is 4.01. The first-order valence-electron chi connectivity index (χ1n) is 5.19. The molecule has 0 aromatic rings. The van der Waals surface area contributed by atoms with Gasteiger partial charge >= 0.3 is 0 Å². The number of thioether (sulfide) groups is 1. The SMILES string of the molecule is CC1CC(CC2CCCS2)CN1. The van der Waals surface area contributed by atoms with Crippen molar-refractivity contribution >= 4 is 11.8 Å². The van der Waals surface area contributed by atoms with Gasteiger partial charge in [-0.25, -0.2) is 0 Å². The van der Waals surface area contributed by atoms with Crippen LogP contribution in [0.1, 0.15) is 32.6 Å². The molecule has 2 heterocycles. The maximum absolute atomic E-state index is 3.53. The van der Waals surface area contributed by atoms with Crippen molar-refractivity contribution in [3.8, 4) is 0 Å². The molecular weight excluding hydrogens is 166 g/mol. The maximum atomic E-state index is 3.53. The molecule has 2 rings (SSSR count). The molecule has 3 atom stereocenters. The van der Waals surface area contributed by atoms with E-state index in [4.69, 9.17) is 0 Å². The van der Waals surface area contributed by atoms with Crippen LogP contribution in [0.3, 0.4) is 0 Å². The highest BCUT2D eigenvalue weighted by Gasteiger charge is 2.25. The van der Waals surface area contributed by atoms with Crippen LogP contribution in [0, 0.1) is 5.92 Å². The van der Waals surface area contributed by atoms with Crippen LogP contribution in [-0.2, 0) is 0 Å². The van der Waals surface area contributed by atoms with Crippen LogP contribution in [0.15, 0.2) is 0 Å². The lowest BCUT2D eigenvalue weighted by atomic mass is 9.99. The van der Waals surface area contributed by atoms with Gasteiger partial charge in [0.25, 0.3) is 0 Å². The number of hydrogen-bond donors (Lipinski definition) is 1. The van der Waals surface area contributed by atoms with E-state index in [9.17, 15) is 0 Å². The van der Waals surface area contributed by atoms with E-state index in [0.29, 0.717) is 0 Å². The molecule has 3 unspecified atom stereocenters. The summed E-state index contributed by atoms with van der Waals surface area (Å²) < 4.78 is 0. The average Bonchev–Trinajstić information content (AvgIpc) is 2.63. The first kappa shape index (κ1) is 8.89. The van der Waals surface area contributed by atoms with Crippen molar-refractivity contribution in [1.29, 1.82) is 0 Å². The van der Waals surface area contributed by atoms with Gasteiger partial charge in [0.15, 0.2) is 0 Å². The lowest BCUT2D eigenvalue weighted by Crippen LogP contribution is -2.17. The molecule has 2 heteroatoms. The van der Waals surface area contributed by atoms with Gasteiger partial charge in [0, 0.05) is 11.3 Å². The molecule has 2 fully saturated rings. The first-order chi connectivity index (χ1) is 5.84. The van der Waals surface area contributed by atoms with Crippen molar-refractivity contribution in [1.82, 2.24) is 5.32 Å². The number of nitrogens with one attached hydrogen (secondary N) is 1. The Morgan fingerprint density at radius 2 is 2.42 bits per heavy atom. The van der Waals surface area contributed by atoms with Crippen molar-refractivity contribution in [2.45, 2.75) is 43.9 Å². The smallest absolute Gasteiger partial charge is 0.00504 e. The fraction of sp³-hybridized carbons (Fsp3) is 1.00. The third kappa shape index (κ3) is 2.17. The van der Waals surface area contributed by atoms with Crippen molar-refractivity contribution in [2.24, 2.45) is 5.92 Å². The van der Waals surface area contributed by atoms with Crippen LogP contribution < -0.4 is 5.32 Å². The molecule has 2 saturated heterocycles. The molecular formula is C10H19NS. The predicted molar refractivity (Wildman–Crippen MR) is 55.7 cm³/mol. The zero-order chi connectivity index (χ0) is 8.39. The number of rotatable bonds is 2. The van der Waals surface area contributed by atoms with Crippen LogP contribution in [0.5, 0.6) is 0 Å². The zero-order valence-corrected chi connectivity index (χ0v) is 8.70. The molecule has 1 nitrogen and oxygen atoms in total. The van der Waals surface area contributed by atoms with E-state index in [1.54, 1.807) is 0 Å². The van der Waals surface area contributed by atoms with E-state index in [1.165, 1.54) is 38.0 Å². The summed E-state index contributed by atoms with van der Waals surface area (Å²) in [4.78, 5) is 0. The summed E-state index contributed by atoms with van der Waals surface area (Å²) in [6, 6.07) is 0.779. The van der Waals surface area contributed by atoms with E-state index in [1.807, 2.05) is 0 Å². The Hall–Kier alpha value is 0.310. The molecule has 0 saturated carbocycles. The third-order valence-corrected chi connectivity index (χ3v) is 4.49. The van der Waals surface area contributed by atoms with Gasteiger partial charge in [-0.3, -0.25) is 0 Å². The molecule has 2 aliphatic heterocycles. The van der Waals surface area contributed by atoms with E-state index in [0.717, 1.165) is 17.2 Å². The summed E-state index contributed by atoms with van der Waals surface area (Å²) >= 11 is 2.20. The van der Waals surface area contributed by atoms with Crippen LogP contribution in [0.4, 0.5) is 0 Å². The molecule has 0 aromatic carbocycles. The average molecular weight is 185 g/mol. The molecule has 1 N–H and O–H groups in total. The summed E-state index contributed by atoms with van der Waals surface area (Å²) in [5, 5.41) is 4.54. The molecule has 0 bridgehead atoms. The van der Waals surface area contributed by atoms with E-state index in [2.05, 4.69) is 24.0 Å². The summed E-state index contributed by atoms with van der Waals surface area (Å²) in [7, 11) is 0. The molecule has 0 spiro atoms. The lowest BCUT2D eigenvalue weighted by Gasteiger charge is -2.13. The Morgan fingerprint density at radius 3 is 3.00 bits per heavy atom. The molecule has 70 valence electrons. The summed E-state index contributed by atoms with van der Waals surface area (Å²) in [6.45, 7) is 3.58. The van der Waals surface area contributed by atoms with Crippen molar-refractivity contribution in [3.63, 3.8) is 0 Å². The second-order valence-corrected chi connectivity index (χ2v) is 5.69. The Kier molecular flexibility index (Phi) is 2.97. The Labute approximate surface area is 79.7 Å². The van der Waals surface area contributed by atoms with Crippen LogP contribution in [0.2, 0.25) is 0 Å². The Bertz CT molecular complexity index is 143. The molecule has 0 aromatic heterocycles. The minimum atomic E-state index is 0.779. The third-order valence-electron chi connectivity index (χ3n) is 3.06. The van der Waals surface area contributed by atoms with Gasteiger partial charge in [-0.1, -0.05) is 0 Å². The van der Waals surface area contributed by atoms with Gasteiger partial charge in [-0.05, 0) is 50.8 Å². The summed E-state index contributed by atoms with van der Waals surface area (Å²) in [5.41, 5.74) is 0. The van der Waals surface area contributed by atoms with Crippen LogP contribution >= 0.6 is 11.8 Å². The first-order valence-corrected chi connectivity index (χ1v) is 6.24. The monoisotopic (exact) mass is 185 g/mol. The Morgan fingerprint density at radius 1 is 1.50 bits per heavy atom. The lowest BCUT2D eigenvalue weighted by molar-refractivity contribution is 0.504. The zero-order valence-electron chi connectivity index (χ0n) is 7.88. The topological polar surface area (TPSA) is 12.0 Å². The quantitative estimate of drug-likeness (QED) is 0.708. The van der Waals surface area contributed by atoms with Gasteiger partial charge in [0.2, 0.25) is 0 Å². The largest absolute Gasteiger partial charge is 0.314 e. The molecule has 0 amide bonds. The Balaban J connectivity index is 1.72. The van der Waals surface area contributed by atoms with Crippen molar-refractivity contribution in [3.05, 3.63) is 0 Å². The van der Waals surface area contributed by atoms with Gasteiger partial charge in [-0.2, -0.15) is 11.8 Å². The van der Waals surface area contributed by atoms with Gasteiger partial charge < -0.3 is 5.32 Å². The van der Waals surface area contributed by atoms with Gasteiger partial charge in [-0.15, -0.1) is 0 Å². The van der Waals surface area contributed by atoms with Crippen molar-refractivity contribution in [2.75, 3.05) is 12.3 Å². The molecule has 0 radical (unpaired) electrons. The summed E-state index contributed by atoms with van der Waals surface area (Å²) in [5.74, 6) is 2.40. The number of hydrogen-bond acceptors (Lipinski definition) is 2. The highest BCUT2D eigenvalue weighted by molar-refractivity contribution is 8.00. The minimum absolute atomic E-state index is 0.779. The van der Waals surface area contributed by atoms with Crippen molar-refractivity contribution < 1.29 is 0 Å². The van der Waals surface area contributed by atoms with Gasteiger partial charge in [0.1, 0.15) is 0 Å². The molecule has 2 aliphatic rings. The van der Waals surface area contributed by atoms with Crippen LogP contribution in [-0.4, -0.2) is 23.6 Å². The summed E-state index contributed by atoms with van der Waals surface area (Å²) in [6.07, 6.45) is 5.83. The standard InChI is InChI=1S/C10H19NS/c1-8-5-9(7-11-8)6-10-3-2-4-12-10/h8-11H,2-7H2,1H3. The second-order valence-electron chi connectivity index (χ2n) is 4.28. The van der Waals surface area contributed by atoms with Crippen LogP contribution in [0.25, 0.3) is 0 Å². The maximum Gasteiger partial charge on any atom is 0.00504 e. The molecule has 12 heavy (non-hydrogen) atoms. The normalized spacial score (nSPS) is 42.2. The van der Waals surface area contributed by atoms with E-state index in [-0.39, 0.29) is 0 Å². The molecule has 0 aliphatic carbocycles. The predicted octanol–water partition coefficient (Wildman–Crippen LogP) is 2.27. The highest BCUT2D eigenvalue weighted by Crippen LogP contribution is 2.33. The highest BCUT2D eigenvalue weighted by atomic mass is 32.2. The minimum Gasteiger partial charge on any atom is -0.314 e.